The summed E-state index contributed by atoms with van der Waals surface area (Å²) in [4.78, 5) is 26.6. The highest BCUT2D eigenvalue weighted by Gasteiger charge is 2.41. The Labute approximate surface area is 173 Å². The number of carbonyl (C=O) groups excluding carboxylic acids is 2. The van der Waals surface area contributed by atoms with E-state index in [2.05, 4.69) is 5.32 Å². The van der Waals surface area contributed by atoms with Crippen molar-refractivity contribution in [2.45, 2.75) is 38.8 Å². The smallest absolute Gasteiger partial charge is 0.258 e. The lowest BCUT2D eigenvalue weighted by molar-refractivity contribution is 0.0730. The van der Waals surface area contributed by atoms with E-state index in [-0.39, 0.29) is 23.6 Å². The average molecular weight is 417 g/mol. The monoisotopic (exact) mass is 416 g/mol. The van der Waals surface area contributed by atoms with Gasteiger partial charge in [-0.2, -0.15) is 0 Å². The Morgan fingerprint density at radius 3 is 2.83 bits per heavy atom. The van der Waals surface area contributed by atoms with Crippen LogP contribution >= 0.6 is 11.6 Å². The number of nitrogens with zero attached hydrogens (tertiary/aromatic N) is 1. The molecule has 29 heavy (non-hydrogen) atoms. The molecule has 0 saturated carbocycles. The van der Waals surface area contributed by atoms with Gasteiger partial charge in [-0.1, -0.05) is 17.7 Å². The normalized spacial score (nSPS) is 20.2. The molecular weight excluding hydrogens is 395 g/mol. The van der Waals surface area contributed by atoms with Gasteiger partial charge in [-0.3, -0.25) is 9.59 Å². The van der Waals surface area contributed by atoms with Gasteiger partial charge in [0.05, 0.1) is 22.2 Å². The molecule has 2 amide bonds. The highest BCUT2D eigenvalue weighted by Crippen LogP contribution is 2.41. The second-order valence-corrected chi connectivity index (χ2v) is 7.98. The molecule has 5 nitrogen and oxygen atoms in total. The van der Waals surface area contributed by atoms with Crippen LogP contribution in [0.4, 0.5) is 4.39 Å². The number of carbonyl (C=O) groups is 2. The topological polar surface area (TPSA) is 58.6 Å². The summed E-state index contributed by atoms with van der Waals surface area (Å²) in [6.45, 7) is 4.52. The molecule has 0 radical (unpaired) electrons. The minimum Gasteiger partial charge on any atom is -0.486 e. The number of nitrogens with one attached hydrogen (secondary N) is 1. The Balaban J connectivity index is 1.72. The zero-order valence-corrected chi connectivity index (χ0v) is 17.3. The van der Waals surface area contributed by atoms with Gasteiger partial charge in [-0.15, -0.1) is 0 Å². The molecule has 2 aromatic carbocycles. The summed E-state index contributed by atoms with van der Waals surface area (Å²) in [6.07, 6.45) is 1.12. The lowest BCUT2D eigenvalue weighted by Crippen LogP contribution is -2.36. The molecule has 2 atom stereocenters. The fourth-order valence-electron chi connectivity index (χ4n) is 4.10. The minimum atomic E-state index is -0.586. The van der Waals surface area contributed by atoms with Crippen LogP contribution in [0.25, 0.3) is 0 Å². The predicted molar refractivity (Wildman–Crippen MR) is 108 cm³/mol. The zero-order chi connectivity index (χ0) is 20.9. The van der Waals surface area contributed by atoms with E-state index in [0.29, 0.717) is 34.9 Å². The van der Waals surface area contributed by atoms with Gasteiger partial charge in [0.15, 0.2) is 5.75 Å². The second kappa shape index (κ2) is 7.34. The summed E-state index contributed by atoms with van der Waals surface area (Å²) in [6, 6.07) is 6.32. The van der Waals surface area contributed by atoms with E-state index in [4.69, 9.17) is 16.3 Å². The van der Waals surface area contributed by atoms with E-state index in [1.165, 1.54) is 19.2 Å². The van der Waals surface area contributed by atoms with Crippen molar-refractivity contribution in [1.29, 1.82) is 0 Å². The van der Waals surface area contributed by atoms with E-state index in [9.17, 15) is 14.0 Å². The number of amides is 2. The Morgan fingerprint density at radius 2 is 2.14 bits per heavy atom. The quantitative estimate of drug-likeness (QED) is 0.829. The van der Waals surface area contributed by atoms with Crippen molar-refractivity contribution in [1.82, 2.24) is 10.2 Å². The lowest BCUT2D eigenvalue weighted by Gasteiger charge is -2.20. The molecule has 0 spiro atoms. The number of hydrogen-bond acceptors (Lipinski definition) is 3. The van der Waals surface area contributed by atoms with E-state index in [1.54, 1.807) is 12.1 Å². The Hall–Kier alpha value is -2.60. The third-order valence-electron chi connectivity index (χ3n) is 5.92. The molecule has 1 saturated heterocycles. The van der Waals surface area contributed by atoms with Crippen LogP contribution in [0.5, 0.6) is 5.75 Å². The van der Waals surface area contributed by atoms with Crippen LogP contribution in [0.3, 0.4) is 0 Å². The van der Waals surface area contributed by atoms with Gasteiger partial charge < -0.3 is 15.0 Å². The number of benzene rings is 2. The largest absolute Gasteiger partial charge is 0.486 e. The summed E-state index contributed by atoms with van der Waals surface area (Å²) >= 11 is 6.60. The molecule has 1 fully saturated rings. The summed E-state index contributed by atoms with van der Waals surface area (Å²) in [5.74, 6) is -0.703. The highest BCUT2D eigenvalue weighted by molar-refractivity contribution is 6.33. The molecule has 2 aromatic rings. The van der Waals surface area contributed by atoms with Crippen molar-refractivity contribution in [3.8, 4) is 5.75 Å². The van der Waals surface area contributed by atoms with Crippen LogP contribution in [0.15, 0.2) is 24.3 Å². The number of hydrogen-bond donors (Lipinski definition) is 1. The fraction of sp³-hybridized carbons (Fsp3) is 0.364. The Kier molecular flexibility index (Phi) is 4.99. The van der Waals surface area contributed by atoms with Gasteiger partial charge in [0, 0.05) is 20.0 Å². The summed E-state index contributed by atoms with van der Waals surface area (Å²) in [5, 5.41) is 2.84. The maximum absolute atomic E-state index is 14.3. The Morgan fingerprint density at radius 1 is 1.38 bits per heavy atom. The summed E-state index contributed by atoms with van der Waals surface area (Å²) < 4.78 is 20.5. The summed E-state index contributed by atoms with van der Waals surface area (Å²) in [5.41, 5.74) is 2.76. The van der Waals surface area contributed by atoms with Gasteiger partial charge in [0.25, 0.3) is 11.8 Å². The highest BCUT2D eigenvalue weighted by atomic mass is 35.5. The Bertz CT molecular complexity index is 1020. The molecule has 0 unspecified atom stereocenters. The van der Waals surface area contributed by atoms with Gasteiger partial charge in [0.2, 0.25) is 0 Å². The molecule has 2 bridgehead atoms. The van der Waals surface area contributed by atoms with Gasteiger partial charge in [-0.05, 0) is 55.2 Å². The zero-order valence-electron chi connectivity index (χ0n) is 16.5. The summed E-state index contributed by atoms with van der Waals surface area (Å²) in [7, 11) is 1.46. The van der Waals surface area contributed by atoms with E-state index in [1.807, 2.05) is 18.7 Å². The van der Waals surface area contributed by atoms with Gasteiger partial charge in [-0.25, -0.2) is 4.39 Å². The maximum atomic E-state index is 14.3. The van der Waals surface area contributed by atoms with Crippen molar-refractivity contribution in [3.05, 3.63) is 62.9 Å². The molecule has 2 heterocycles. The first kappa shape index (κ1) is 19.7. The fourth-order valence-corrected chi connectivity index (χ4v) is 4.37. The van der Waals surface area contributed by atoms with Crippen molar-refractivity contribution in [2.75, 3.05) is 13.6 Å². The standard InChI is InChI=1S/C22H22ClFN2O3/c1-11-14(8-13-4-5-15(17(24)9-13)21(27)25-3)10-16-20(19(11)23)29-18-6-7-26(12(18)2)22(16)28/h4-5,9-10,12,18H,6-8H2,1-3H3,(H,25,27)/t12-,18-/m0/s1. The van der Waals surface area contributed by atoms with Crippen molar-refractivity contribution in [2.24, 2.45) is 0 Å². The van der Waals surface area contributed by atoms with Gasteiger partial charge in [0.1, 0.15) is 11.9 Å². The van der Waals surface area contributed by atoms with Crippen LogP contribution < -0.4 is 10.1 Å². The van der Waals surface area contributed by atoms with Crippen LogP contribution in [0.1, 0.15) is 50.8 Å². The molecular formula is C22H22ClFN2O3. The molecule has 2 aliphatic heterocycles. The minimum absolute atomic E-state index is 0.000995. The molecule has 4 rings (SSSR count). The predicted octanol–water partition coefficient (Wildman–Crippen LogP) is 3.73. The third-order valence-corrected chi connectivity index (χ3v) is 6.37. The van der Waals surface area contributed by atoms with Crippen LogP contribution in [0.2, 0.25) is 5.02 Å². The van der Waals surface area contributed by atoms with Crippen molar-refractivity contribution < 1.29 is 18.7 Å². The molecule has 152 valence electrons. The third kappa shape index (κ3) is 3.25. The first-order chi connectivity index (χ1) is 13.8. The molecule has 1 N–H and O–H groups in total. The number of rotatable bonds is 3. The van der Waals surface area contributed by atoms with Crippen LogP contribution in [-0.2, 0) is 6.42 Å². The van der Waals surface area contributed by atoms with E-state index < -0.39 is 11.7 Å². The van der Waals surface area contributed by atoms with Crippen LogP contribution in [-0.4, -0.2) is 42.5 Å². The average Bonchev–Trinajstić information content (AvgIpc) is 3.02. The molecule has 2 aliphatic rings. The number of halogens is 2. The lowest BCUT2D eigenvalue weighted by atomic mass is 9.96. The number of fused-ring (bicyclic) bond motifs is 3. The maximum Gasteiger partial charge on any atom is 0.258 e. The van der Waals surface area contributed by atoms with Crippen molar-refractivity contribution >= 4 is 23.4 Å². The second-order valence-electron chi connectivity index (χ2n) is 7.61. The first-order valence-corrected chi connectivity index (χ1v) is 9.99. The number of ether oxygens (including phenoxy) is 1. The van der Waals surface area contributed by atoms with Crippen molar-refractivity contribution in [3.63, 3.8) is 0 Å². The van der Waals surface area contributed by atoms with Crippen LogP contribution in [0, 0.1) is 12.7 Å². The molecule has 0 aliphatic carbocycles. The SMILES string of the molecule is CNC(=O)c1ccc(Cc2cc3c(c(Cl)c2C)O[C@H]2CCN(C3=O)[C@H]2C)cc1F. The molecule has 0 aromatic heterocycles. The first-order valence-electron chi connectivity index (χ1n) is 9.62. The van der Waals surface area contributed by atoms with Gasteiger partial charge >= 0.3 is 0 Å². The molecule has 7 heteroatoms. The van der Waals surface area contributed by atoms with E-state index in [0.717, 1.165) is 17.5 Å². The van der Waals surface area contributed by atoms with E-state index >= 15 is 0 Å².